The molecule has 1 aromatic carbocycles. The number of oxazole rings is 1. The molecule has 1 aliphatic heterocycles. The summed E-state index contributed by atoms with van der Waals surface area (Å²) in [6, 6.07) is 9.82. The van der Waals surface area contributed by atoms with Gasteiger partial charge in [0.15, 0.2) is 0 Å². The number of rotatable bonds is 4. The molecule has 1 aliphatic rings. The number of benzene rings is 1. The molecule has 128 valence electrons. The summed E-state index contributed by atoms with van der Waals surface area (Å²) >= 11 is 0. The average Bonchev–Trinajstić information content (AvgIpc) is 3.35. The minimum atomic E-state index is 0.0827. The van der Waals surface area contributed by atoms with Gasteiger partial charge >= 0.3 is 0 Å². The van der Waals surface area contributed by atoms with Gasteiger partial charge < -0.3 is 9.32 Å². The Kier molecular flexibility index (Phi) is 4.09. The molecule has 1 atom stereocenters. The van der Waals surface area contributed by atoms with Crippen LogP contribution in [0.15, 0.2) is 53.4 Å². The molecular weight excluding hydrogens is 316 g/mol. The molecule has 0 N–H and O–H groups in total. The van der Waals surface area contributed by atoms with Crippen LogP contribution in [0.4, 0.5) is 0 Å². The van der Waals surface area contributed by atoms with Gasteiger partial charge in [-0.05, 0) is 25.0 Å². The van der Waals surface area contributed by atoms with Crippen molar-refractivity contribution in [2.45, 2.75) is 25.3 Å². The molecule has 25 heavy (non-hydrogen) atoms. The van der Waals surface area contributed by atoms with E-state index in [0.29, 0.717) is 11.6 Å². The molecule has 1 amide bonds. The molecule has 0 bridgehead atoms. The van der Waals surface area contributed by atoms with E-state index in [9.17, 15) is 4.79 Å². The van der Waals surface area contributed by atoms with Crippen LogP contribution in [0.3, 0.4) is 0 Å². The van der Waals surface area contributed by atoms with Crippen LogP contribution in [0.25, 0.3) is 11.5 Å². The van der Waals surface area contributed by atoms with Gasteiger partial charge in [0.25, 0.3) is 0 Å². The fourth-order valence-corrected chi connectivity index (χ4v) is 3.38. The lowest BCUT2D eigenvalue weighted by Gasteiger charge is -2.23. The third-order valence-electron chi connectivity index (χ3n) is 4.59. The standard InChI is InChI=1S/C19H20N4O2/c1-22-12-15(11-20-22)17-8-5-9-23(17)18(24)10-16-13-25-19(21-16)14-6-3-2-4-7-14/h2-4,6-7,11-13,17H,5,8-10H2,1H3/t17-/m1/s1. The van der Waals surface area contributed by atoms with Crippen LogP contribution < -0.4 is 0 Å². The van der Waals surface area contributed by atoms with Crippen molar-refractivity contribution in [2.75, 3.05) is 6.54 Å². The third kappa shape index (κ3) is 3.20. The molecule has 6 nitrogen and oxygen atoms in total. The van der Waals surface area contributed by atoms with Crippen LogP contribution in [0.2, 0.25) is 0 Å². The van der Waals surface area contributed by atoms with Gasteiger partial charge in [-0.2, -0.15) is 5.10 Å². The van der Waals surface area contributed by atoms with Crippen LogP contribution >= 0.6 is 0 Å². The van der Waals surface area contributed by atoms with E-state index in [0.717, 1.165) is 30.5 Å². The summed E-state index contributed by atoms with van der Waals surface area (Å²) in [6.45, 7) is 0.780. The zero-order valence-electron chi connectivity index (χ0n) is 14.1. The molecule has 0 aliphatic carbocycles. The van der Waals surface area contributed by atoms with Gasteiger partial charge in [-0.1, -0.05) is 18.2 Å². The van der Waals surface area contributed by atoms with E-state index in [4.69, 9.17) is 4.42 Å². The van der Waals surface area contributed by atoms with E-state index in [-0.39, 0.29) is 18.4 Å². The van der Waals surface area contributed by atoms with Gasteiger partial charge in [-0.25, -0.2) is 4.98 Å². The fourth-order valence-electron chi connectivity index (χ4n) is 3.38. The first-order chi connectivity index (χ1) is 12.2. The number of amides is 1. The van der Waals surface area contributed by atoms with Crippen molar-refractivity contribution >= 4 is 5.91 Å². The molecule has 4 rings (SSSR count). The Hall–Kier alpha value is -2.89. The van der Waals surface area contributed by atoms with Gasteiger partial charge in [0.05, 0.1) is 24.4 Å². The zero-order chi connectivity index (χ0) is 17.2. The predicted molar refractivity (Wildman–Crippen MR) is 92.5 cm³/mol. The molecule has 0 spiro atoms. The first kappa shape index (κ1) is 15.6. The topological polar surface area (TPSA) is 64.2 Å². The molecule has 0 radical (unpaired) electrons. The SMILES string of the molecule is Cn1cc([C@H]2CCCN2C(=O)Cc2coc(-c3ccccc3)n2)cn1. The second-order valence-corrected chi connectivity index (χ2v) is 6.38. The summed E-state index contributed by atoms with van der Waals surface area (Å²) in [6.07, 6.45) is 7.66. The number of nitrogens with zero attached hydrogens (tertiary/aromatic N) is 4. The lowest BCUT2D eigenvalue weighted by Crippen LogP contribution is -2.31. The van der Waals surface area contributed by atoms with E-state index in [1.54, 1.807) is 10.9 Å². The van der Waals surface area contributed by atoms with Crippen LogP contribution in [-0.2, 0) is 18.3 Å². The van der Waals surface area contributed by atoms with Gasteiger partial charge in [0.2, 0.25) is 11.8 Å². The highest BCUT2D eigenvalue weighted by Crippen LogP contribution is 2.32. The van der Waals surface area contributed by atoms with Crippen molar-refractivity contribution in [1.29, 1.82) is 0 Å². The van der Waals surface area contributed by atoms with E-state index < -0.39 is 0 Å². The lowest BCUT2D eigenvalue weighted by molar-refractivity contribution is -0.131. The number of aryl methyl sites for hydroxylation is 1. The molecule has 3 heterocycles. The van der Waals surface area contributed by atoms with E-state index in [1.165, 1.54) is 0 Å². The molecule has 0 unspecified atom stereocenters. The lowest BCUT2D eigenvalue weighted by atomic mass is 10.1. The largest absolute Gasteiger partial charge is 0.444 e. The van der Waals surface area contributed by atoms with Gasteiger partial charge in [-0.15, -0.1) is 0 Å². The summed E-state index contributed by atoms with van der Waals surface area (Å²) in [5, 5.41) is 4.23. The van der Waals surface area contributed by atoms with E-state index >= 15 is 0 Å². The Morgan fingerprint density at radius 1 is 1.32 bits per heavy atom. The van der Waals surface area contributed by atoms with Gasteiger partial charge in [0.1, 0.15) is 6.26 Å². The van der Waals surface area contributed by atoms with Crippen molar-refractivity contribution in [2.24, 2.45) is 7.05 Å². The maximum Gasteiger partial charge on any atom is 0.229 e. The van der Waals surface area contributed by atoms with Gasteiger partial charge in [-0.3, -0.25) is 9.48 Å². The Morgan fingerprint density at radius 3 is 2.92 bits per heavy atom. The highest BCUT2D eigenvalue weighted by atomic mass is 16.3. The highest BCUT2D eigenvalue weighted by molar-refractivity contribution is 5.79. The van der Waals surface area contributed by atoms with Crippen LogP contribution in [0.5, 0.6) is 0 Å². The quantitative estimate of drug-likeness (QED) is 0.735. The number of hydrogen-bond donors (Lipinski definition) is 0. The Balaban J connectivity index is 1.47. The first-order valence-corrected chi connectivity index (χ1v) is 8.48. The maximum atomic E-state index is 12.8. The fraction of sp³-hybridized carbons (Fsp3) is 0.316. The molecular formula is C19H20N4O2. The van der Waals surface area contributed by atoms with Crippen molar-refractivity contribution in [3.63, 3.8) is 0 Å². The van der Waals surface area contributed by atoms with Crippen molar-refractivity contribution in [1.82, 2.24) is 19.7 Å². The summed E-state index contributed by atoms with van der Waals surface area (Å²) in [7, 11) is 1.89. The summed E-state index contributed by atoms with van der Waals surface area (Å²) < 4.78 is 7.31. The molecule has 0 saturated carbocycles. The molecule has 1 fully saturated rings. The molecule has 2 aromatic heterocycles. The number of carbonyl (C=O) groups excluding carboxylic acids is 1. The number of likely N-dealkylation sites (tertiary alicyclic amines) is 1. The molecule has 6 heteroatoms. The summed E-state index contributed by atoms with van der Waals surface area (Å²) in [5.41, 5.74) is 2.68. The van der Waals surface area contributed by atoms with Crippen LogP contribution in [-0.4, -0.2) is 32.1 Å². The van der Waals surface area contributed by atoms with Crippen LogP contribution in [0, 0.1) is 0 Å². The summed E-state index contributed by atoms with van der Waals surface area (Å²) in [5.74, 6) is 0.632. The second-order valence-electron chi connectivity index (χ2n) is 6.38. The smallest absolute Gasteiger partial charge is 0.229 e. The summed E-state index contributed by atoms with van der Waals surface area (Å²) in [4.78, 5) is 19.2. The highest BCUT2D eigenvalue weighted by Gasteiger charge is 2.31. The van der Waals surface area contributed by atoms with Crippen molar-refractivity contribution < 1.29 is 9.21 Å². The van der Waals surface area contributed by atoms with Crippen LogP contribution in [0.1, 0.15) is 30.1 Å². The number of hydrogen-bond acceptors (Lipinski definition) is 4. The predicted octanol–water partition coefficient (Wildman–Crippen LogP) is 2.98. The zero-order valence-corrected chi connectivity index (χ0v) is 14.1. The van der Waals surface area contributed by atoms with Gasteiger partial charge in [0, 0.05) is 30.9 Å². The number of carbonyl (C=O) groups is 1. The second kappa shape index (κ2) is 6.55. The molecule has 1 saturated heterocycles. The number of aromatic nitrogens is 3. The van der Waals surface area contributed by atoms with Crippen molar-refractivity contribution in [3.8, 4) is 11.5 Å². The van der Waals surface area contributed by atoms with Crippen molar-refractivity contribution in [3.05, 3.63) is 60.2 Å². The van der Waals surface area contributed by atoms with E-state index in [1.807, 2.05) is 54.7 Å². The minimum Gasteiger partial charge on any atom is -0.444 e. The maximum absolute atomic E-state index is 12.8. The Bertz CT molecular complexity index is 868. The Labute approximate surface area is 146 Å². The minimum absolute atomic E-state index is 0.0827. The first-order valence-electron chi connectivity index (χ1n) is 8.48. The molecule has 3 aromatic rings. The monoisotopic (exact) mass is 336 g/mol. The Morgan fingerprint density at radius 2 is 2.16 bits per heavy atom. The third-order valence-corrected chi connectivity index (χ3v) is 4.59. The average molecular weight is 336 g/mol. The van der Waals surface area contributed by atoms with E-state index in [2.05, 4.69) is 10.1 Å². The normalized spacial score (nSPS) is 17.2.